The highest BCUT2D eigenvalue weighted by Gasteiger charge is 2.42. The van der Waals surface area contributed by atoms with Gasteiger partial charge in [0.1, 0.15) is 0 Å². The lowest BCUT2D eigenvalue weighted by Gasteiger charge is -2.20. The quantitative estimate of drug-likeness (QED) is 0.802. The Balaban J connectivity index is 2.15. The maximum atomic E-state index is 12.9. The summed E-state index contributed by atoms with van der Waals surface area (Å²) in [5.41, 5.74) is -0.724. The molecule has 1 fully saturated rings. The minimum absolute atomic E-state index is 0.144. The molecule has 1 amide bonds. The van der Waals surface area contributed by atoms with E-state index in [2.05, 4.69) is 4.98 Å². The van der Waals surface area contributed by atoms with E-state index in [1.54, 1.807) is 6.92 Å². The van der Waals surface area contributed by atoms with E-state index in [1.807, 2.05) is 0 Å². The second-order valence-electron chi connectivity index (χ2n) is 4.71. The molecule has 0 aliphatic carbocycles. The van der Waals surface area contributed by atoms with E-state index in [-0.39, 0.29) is 18.0 Å². The Morgan fingerprint density at radius 3 is 2.83 bits per heavy atom. The molecule has 5 nitrogen and oxygen atoms in total. The summed E-state index contributed by atoms with van der Waals surface area (Å²) in [6.07, 6.45) is 1.62. The molecule has 0 radical (unpaired) electrons. The second-order valence-corrected chi connectivity index (χ2v) is 4.71. The zero-order valence-corrected chi connectivity index (χ0v) is 9.89. The average molecular weight is 252 g/mol. The zero-order valence-electron chi connectivity index (χ0n) is 9.89. The molecule has 18 heavy (non-hydrogen) atoms. The molecule has 0 saturated carbocycles. The number of carboxylic acid groups (broad SMARTS) is 1. The number of carboxylic acids is 1. The summed E-state index contributed by atoms with van der Waals surface area (Å²) in [7, 11) is 0. The number of likely N-dealkylation sites (tertiary alicyclic amines) is 1. The Hall–Kier alpha value is -1.98. The number of aliphatic carboxylic acids is 1. The largest absolute Gasteiger partial charge is 0.481 e. The number of hydrogen-bond donors (Lipinski definition) is 1. The van der Waals surface area contributed by atoms with Crippen LogP contribution in [-0.4, -0.2) is 40.0 Å². The van der Waals surface area contributed by atoms with Gasteiger partial charge < -0.3 is 10.0 Å². The van der Waals surface area contributed by atoms with Crippen LogP contribution in [0.4, 0.5) is 4.39 Å². The molecule has 1 unspecified atom stereocenters. The Morgan fingerprint density at radius 1 is 1.56 bits per heavy atom. The smallest absolute Gasteiger partial charge is 0.311 e. The summed E-state index contributed by atoms with van der Waals surface area (Å²) in [6, 6.07) is 2.47. The van der Waals surface area contributed by atoms with Crippen LogP contribution in [0.1, 0.15) is 23.7 Å². The molecule has 1 saturated heterocycles. The van der Waals surface area contributed by atoms with Crippen LogP contribution in [0.2, 0.25) is 0 Å². The third kappa shape index (κ3) is 2.18. The molecule has 0 bridgehead atoms. The molecule has 96 valence electrons. The third-order valence-electron chi connectivity index (χ3n) is 3.25. The van der Waals surface area contributed by atoms with Crippen molar-refractivity contribution in [1.29, 1.82) is 0 Å². The number of hydrogen-bond acceptors (Lipinski definition) is 3. The van der Waals surface area contributed by atoms with E-state index in [0.717, 1.165) is 6.07 Å². The Labute approximate surface area is 103 Å². The van der Waals surface area contributed by atoms with Crippen LogP contribution in [0.15, 0.2) is 18.3 Å². The maximum absolute atomic E-state index is 12.9. The van der Waals surface area contributed by atoms with Crippen molar-refractivity contribution in [2.24, 2.45) is 5.41 Å². The first-order valence-electron chi connectivity index (χ1n) is 5.57. The highest BCUT2D eigenvalue weighted by atomic mass is 19.1. The van der Waals surface area contributed by atoms with Gasteiger partial charge in [0.15, 0.2) is 0 Å². The molecule has 1 aromatic heterocycles. The van der Waals surface area contributed by atoms with E-state index in [4.69, 9.17) is 5.11 Å². The highest BCUT2D eigenvalue weighted by Crippen LogP contribution is 2.30. The summed E-state index contributed by atoms with van der Waals surface area (Å²) in [5.74, 6) is -2.00. The normalized spacial score (nSPS) is 23.1. The van der Waals surface area contributed by atoms with Crippen LogP contribution in [0.5, 0.6) is 0 Å². The second kappa shape index (κ2) is 4.36. The van der Waals surface area contributed by atoms with Crippen molar-refractivity contribution < 1.29 is 19.1 Å². The summed E-state index contributed by atoms with van der Waals surface area (Å²) >= 11 is 0. The minimum atomic E-state index is -0.918. The molecule has 0 aromatic carbocycles. The van der Waals surface area contributed by atoms with Crippen LogP contribution in [-0.2, 0) is 4.79 Å². The lowest BCUT2D eigenvalue weighted by atomic mass is 9.90. The fraction of sp³-hybridized carbons (Fsp3) is 0.417. The van der Waals surface area contributed by atoms with Gasteiger partial charge in [-0.1, -0.05) is 0 Å². The monoisotopic (exact) mass is 252 g/mol. The number of rotatable bonds is 2. The SMILES string of the molecule is CC1(C(=O)O)CCN(C(=O)c2ccnc(F)c2)C1. The van der Waals surface area contributed by atoms with Gasteiger partial charge in [-0.15, -0.1) is 0 Å². The molecule has 1 aromatic rings. The lowest BCUT2D eigenvalue weighted by molar-refractivity contribution is -0.147. The first-order chi connectivity index (χ1) is 8.42. The molecule has 1 atom stereocenters. The van der Waals surface area contributed by atoms with Crippen LogP contribution in [0.25, 0.3) is 0 Å². The Bertz CT molecular complexity index is 506. The van der Waals surface area contributed by atoms with Crippen molar-refractivity contribution in [3.63, 3.8) is 0 Å². The maximum Gasteiger partial charge on any atom is 0.311 e. The van der Waals surface area contributed by atoms with E-state index in [0.29, 0.717) is 13.0 Å². The van der Waals surface area contributed by atoms with Crippen molar-refractivity contribution in [3.05, 3.63) is 29.8 Å². The molecular weight excluding hydrogens is 239 g/mol. The van der Waals surface area contributed by atoms with Crippen LogP contribution >= 0.6 is 0 Å². The van der Waals surface area contributed by atoms with E-state index >= 15 is 0 Å². The zero-order chi connectivity index (χ0) is 13.3. The molecular formula is C12H13FN2O3. The Morgan fingerprint density at radius 2 is 2.28 bits per heavy atom. The van der Waals surface area contributed by atoms with Gasteiger partial charge in [0, 0.05) is 30.9 Å². The first kappa shape index (κ1) is 12.5. The molecule has 2 heterocycles. The van der Waals surface area contributed by atoms with Gasteiger partial charge in [-0.05, 0) is 19.4 Å². The number of amides is 1. The Kier molecular flexibility index (Phi) is 3.02. The average Bonchev–Trinajstić information content (AvgIpc) is 2.72. The van der Waals surface area contributed by atoms with Crippen LogP contribution in [0, 0.1) is 11.4 Å². The predicted octanol–water partition coefficient (Wildman–Crippen LogP) is 1.16. The van der Waals surface area contributed by atoms with E-state index in [1.165, 1.54) is 17.2 Å². The van der Waals surface area contributed by atoms with Crippen molar-refractivity contribution in [2.75, 3.05) is 13.1 Å². The van der Waals surface area contributed by atoms with Crippen LogP contribution in [0.3, 0.4) is 0 Å². The fourth-order valence-corrected chi connectivity index (χ4v) is 2.03. The third-order valence-corrected chi connectivity index (χ3v) is 3.25. The summed E-state index contributed by atoms with van der Waals surface area (Å²) < 4.78 is 12.9. The topological polar surface area (TPSA) is 70.5 Å². The number of carbonyl (C=O) groups excluding carboxylic acids is 1. The van der Waals surface area contributed by atoms with Gasteiger partial charge in [-0.3, -0.25) is 9.59 Å². The summed E-state index contributed by atoms with van der Waals surface area (Å²) in [5, 5.41) is 9.08. The van der Waals surface area contributed by atoms with Crippen molar-refractivity contribution in [3.8, 4) is 0 Å². The van der Waals surface area contributed by atoms with E-state index < -0.39 is 17.3 Å². The van der Waals surface area contributed by atoms with Crippen molar-refractivity contribution in [1.82, 2.24) is 9.88 Å². The van der Waals surface area contributed by atoms with Gasteiger partial charge >= 0.3 is 5.97 Å². The molecule has 1 aliphatic heterocycles. The number of nitrogens with zero attached hydrogens (tertiary/aromatic N) is 2. The summed E-state index contributed by atoms with van der Waals surface area (Å²) in [6.45, 7) is 2.12. The van der Waals surface area contributed by atoms with Gasteiger partial charge in [-0.25, -0.2) is 4.98 Å². The highest BCUT2D eigenvalue weighted by molar-refractivity contribution is 5.94. The van der Waals surface area contributed by atoms with Crippen molar-refractivity contribution in [2.45, 2.75) is 13.3 Å². The van der Waals surface area contributed by atoms with Crippen molar-refractivity contribution >= 4 is 11.9 Å². The molecule has 6 heteroatoms. The number of aromatic nitrogens is 1. The number of carbonyl (C=O) groups is 2. The fourth-order valence-electron chi connectivity index (χ4n) is 2.03. The molecule has 2 rings (SSSR count). The van der Waals surface area contributed by atoms with Gasteiger partial charge in [0.05, 0.1) is 5.41 Å². The molecule has 1 N–H and O–H groups in total. The summed E-state index contributed by atoms with van der Waals surface area (Å²) in [4.78, 5) is 27.9. The van der Waals surface area contributed by atoms with E-state index in [9.17, 15) is 14.0 Å². The predicted molar refractivity (Wildman–Crippen MR) is 60.5 cm³/mol. The van der Waals surface area contributed by atoms with Gasteiger partial charge in [0.25, 0.3) is 5.91 Å². The molecule has 0 spiro atoms. The first-order valence-corrected chi connectivity index (χ1v) is 5.57. The lowest BCUT2D eigenvalue weighted by Crippen LogP contribution is -2.34. The number of pyridine rings is 1. The van der Waals surface area contributed by atoms with Crippen LogP contribution < -0.4 is 0 Å². The number of halogens is 1. The molecule has 1 aliphatic rings. The van der Waals surface area contributed by atoms with Gasteiger partial charge in [0.2, 0.25) is 5.95 Å². The van der Waals surface area contributed by atoms with Gasteiger partial charge in [-0.2, -0.15) is 4.39 Å². The standard InChI is InChI=1S/C12H13FN2O3/c1-12(11(17)18)3-5-15(7-12)10(16)8-2-4-14-9(13)6-8/h2,4,6H,3,5,7H2,1H3,(H,17,18). The minimum Gasteiger partial charge on any atom is -0.481 e.